The van der Waals surface area contributed by atoms with Gasteiger partial charge in [0.1, 0.15) is 0 Å². The van der Waals surface area contributed by atoms with E-state index < -0.39 is 0 Å². The molecule has 1 aromatic heterocycles. The normalized spacial score (nSPS) is 15.2. The summed E-state index contributed by atoms with van der Waals surface area (Å²) in [5, 5.41) is 8.95. The fourth-order valence-corrected chi connectivity index (χ4v) is 3.54. The number of nitrogens with zero attached hydrogens (tertiary/aromatic N) is 3. The minimum Gasteiger partial charge on any atom is -0.295 e. The minimum atomic E-state index is -0.238. The van der Waals surface area contributed by atoms with Crippen molar-refractivity contribution in [1.29, 1.82) is 0 Å². The zero-order chi connectivity index (χ0) is 21.6. The summed E-state index contributed by atoms with van der Waals surface area (Å²) >= 11 is 0. The van der Waals surface area contributed by atoms with Gasteiger partial charge >= 0.3 is 0 Å². The van der Waals surface area contributed by atoms with Gasteiger partial charge in [0, 0.05) is 5.69 Å². The van der Waals surface area contributed by atoms with Gasteiger partial charge in [-0.15, -0.1) is 0 Å². The van der Waals surface area contributed by atoms with Gasteiger partial charge in [-0.1, -0.05) is 18.2 Å². The molecule has 6 heteroatoms. The zero-order valence-corrected chi connectivity index (χ0v) is 17.8. The molecular weight excluding hydrogens is 376 g/mol. The number of rotatable bonds is 3. The largest absolute Gasteiger partial charge is 0.295 e. The van der Waals surface area contributed by atoms with E-state index in [1.165, 1.54) is 9.69 Å². The van der Waals surface area contributed by atoms with Crippen molar-refractivity contribution in [3.8, 4) is 5.69 Å². The molecule has 1 amide bonds. The number of carbonyl (C=O) groups excluding carboxylic acids is 1. The number of hydrogen-bond donors (Lipinski definition) is 1. The van der Waals surface area contributed by atoms with Crippen molar-refractivity contribution < 1.29 is 4.79 Å². The SMILES string of the molecule is CC1=NN(c2ccc(C)c(C)c2)C(=O)/C1=C\c1c(C)[nH]n(-c2cccc(C)c2)c1=O. The third-order valence-electron chi connectivity index (χ3n) is 5.46. The van der Waals surface area contributed by atoms with Gasteiger partial charge in [0.05, 0.1) is 28.2 Å². The summed E-state index contributed by atoms with van der Waals surface area (Å²) in [6.07, 6.45) is 1.64. The third-order valence-corrected chi connectivity index (χ3v) is 5.46. The lowest BCUT2D eigenvalue weighted by molar-refractivity contribution is -0.114. The number of H-pyrrole nitrogens is 1. The second-order valence-corrected chi connectivity index (χ2v) is 7.76. The van der Waals surface area contributed by atoms with Crippen LogP contribution >= 0.6 is 0 Å². The van der Waals surface area contributed by atoms with Crippen LogP contribution in [-0.2, 0) is 4.79 Å². The van der Waals surface area contributed by atoms with E-state index in [0.717, 1.165) is 22.4 Å². The van der Waals surface area contributed by atoms with Gasteiger partial charge < -0.3 is 0 Å². The van der Waals surface area contributed by atoms with E-state index in [1.807, 2.05) is 70.2 Å². The quantitative estimate of drug-likeness (QED) is 0.669. The molecule has 1 aliphatic rings. The van der Waals surface area contributed by atoms with Gasteiger partial charge in [-0.05, 0) is 81.7 Å². The molecule has 0 aliphatic carbocycles. The van der Waals surface area contributed by atoms with E-state index in [9.17, 15) is 9.59 Å². The van der Waals surface area contributed by atoms with E-state index >= 15 is 0 Å². The van der Waals surface area contributed by atoms with Crippen LogP contribution in [0.3, 0.4) is 0 Å². The monoisotopic (exact) mass is 400 g/mol. The van der Waals surface area contributed by atoms with Gasteiger partial charge in [0.25, 0.3) is 11.5 Å². The van der Waals surface area contributed by atoms with Crippen LogP contribution in [0.2, 0.25) is 0 Å². The van der Waals surface area contributed by atoms with Gasteiger partial charge in [-0.3, -0.25) is 14.7 Å². The van der Waals surface area contributed by atoms with E-state index in [0.29, 0.717) is 28.2 Å². The Balaban J connectivity index is 1.74. The Morgan fingerprint density at radius 2 is 1.67 bits per heavy atom. The number of anilines is 1. The highest BCUT2D eigenvalue weighted by Crippen LogP contribution is 2.26. The van der Waals surface area contributed by atoms with Crippen molar-refractivity contribution in [3.05, 3.63) is 86.3 Å². The number of amides is 1. The number of nitrogens with one attached hydrogen (secondary N) is 1. The number of aryl methyl sites for hydroxylation is 4. The Morgan fingerprint density at radius 1 is 0.900 bits per heavy atom. The van der Waals surface area contributed by atoms with Crippen LogP contribution in [0.15, 0.2) is 57.9 Å². The van der Waals surface area contributed by atoms with E-state index in [-0.39, 0.29) is 11.5 Å². The van der Waals surface area contributed by atoms with Crippen LogP contribution in [0.4, 0.5) is 5.69 Å². The van der Waals surface area contributed by atoms with Crippen LogP contribution in [-0.4, -0.2) is 21.4 Å². The van der Waals surface area contributed by atoms with Crippen molar-refractivity contribution in [2.45, 2.75) is 34.6 Å². The smallest absolute Gasteiger partial charge is 0.280 e. The number of benzene rings is 2. The minimum absolute atomic E-state index is 0.198. The molecule has 1 N–H and O–H groups in total. The number of hydrogen-bond acceptors (Lipinski definition) is 3. The van der Waals surface area contributed by atoms with Crippen LogP contribution < -0.4 is 10.6 Å². The van der Waals surface area contributed by atoms with Crippen molar-refractivity contribution in [1.82, 2.24) is 9.78 Å². The molecule has 0 radical (unpaired) electrons. The lowest BCUT2D eigenvalue weighted by atomic mass is 10.1. The molecular formula is C24H24N4O2. The van der Waals surface area contributed by atoms with Crippen LogP contribution in [0, 0.1) is 27.7 Å². The summed E-state index contributed by atoms with van der Waals surface area (Å²) in [4.78, 5) is 26.1. The predicted molar refractivity (Wildman–Crippen MR) is 120 cm³/mol. The average molecular weight is 400 g/mol. The number of aromatic amines is 1. The lowest BCUT2D eigenvalue weighted by Crippen LogP contribution is -2.22. The summed E-state index contributed by atoms with van der Waals surface area (Å²) in [5.41, 5.74) is 6.73. The highest BCUT2D eigenvalue weighted by atomic mass is 16.2. The Kier molecular flexibility index (Phi) is 4.78. The second kappa shape index (κ2) is 7.30. The molecule has 30 heavy (non-hydrogen) atoms. The van der Waals surface area contributed by atoms with Crippen molar-refractivity contribution in [2.75, 3.05) is 5.01 Å². The molecule has 0 atom stereocenters. The number of carbonyl (C=O) groups is 1. The summed E-state index contributed by atoms with van der Waals surface area (Å²) in [6.45, 7) is 9.62. The highest BCUT2D eigenvalue weighted by molar-refractivity contribution is 6.32. The molecule has 2 heterocycles. The van der Waals surface area contributed by atoms with Crippen LogP contribution in [0.5, 0.6) is 0 Å². The summed E-state index contributed by atoms with van der Waals surface area (Å²) in [5.74, 6) is -0.238. The lowest BCUT2D eigenvalue weighted by Gasteiger charge is -2.13. The Morgan fingerprint density at radius 3 is 2.37 bits per heavy atom. The number of hydrazone groups is 1. The van der Waals surface area contributed by atoms with Crippen LogP contribution in [0.25, 0.3) is 11.8 Å². The first-order valence-electron chi connectivity index (χ1n) is 9.84. The fourth-order valence-electron chi connectivity index (χ4n) is 3.54. The van der Waals surface area contributed by atoms with E-state index in [1.54, 1.807) is 13.0 Å². The summed E-state index contributed by atoms with van der Waals surface area (Å²) < 4.78 is 1.50. The molecule has 3 aromatic rings. The Bertz CT molecular complexity index is 1290. The van der Waals surface area contributed by atoms with Gasteiger partial charge in [-0.25, -0.2) is 4.68 Å². The highest BCUT2D eigenvalue weighted by Gasteiger charge is 2.29. The van der Waals surface area contributed by atoms with Crippen molar-refractivity contribution in [2.24, 2.45) is 5.10 Å². The molecule has 6 nitrogen and oxygen atoms in total. The average Bonchev–Trinajstić information content (AvgIpc) is 3.15. The zero-order valence-electron chi connectivity index (χ0n) is 17.8. The topological polar surface area (TPSA) is 70.5 Å². The maximum atomic E-state index is 13.1. The van der Waals surface area contributed by atoms with Crippen molar-refractivity contribution >= 4 is 23.4 Å². The molecule has 0 spiro atoms. The van der Waals surface area contributed by atoms with Crippen LogP contribution in [0.1, 0.15) is 34.9 Å². The van der Waals surface area contributed by atoms with Gasteiger partial charge in [0.15, 0.2) is 0 Å². The molecule has 4 rings (SSSR count). The fraction of sp³-hybridized carbons (Fsp3) is 0.208. The number of aromatic nitrogens is 2. The molecule has 2 aromatic carbocycles. The van der Waals surface area contributed by atoms with Crippen molar-refractivity contribution in [3.63, 3.8) is 0 Å². The summed E-state index contributed by atoms with van der Waals surface area (Å²) in [6, 6.07) is 13.5. The standard InChI is InChI=1S/C24H24N4O2/c1-14-7-6-8-19(11-14)27-23(29)21(17(4)25-27)13-22-18(5)26-28(24(22)30)20-10-9-15(2)16(3)12-20/h6-13,25H,1-5H3/b22-13-. The molecule has 0 saturated carbocycles. The van der Waals surface area contributed by atoms with E-state index in [2.05, 4.69) is 10.2 Å². The first-order valence-corrected chi connectivity index (χ1v) is 9.84. The van der Waals surface area contributed by atoms with E-state index in [4.69, 9.17) is 0 Å². The molecule has 1 aliphatic heterocycles. The third kappa shape index (κ3) is 3.30. The molecule has 0 unspecified atom stereocenters. The molecule has 0 bridgehead atoms. The summed E-state index contributed by atoms with van der Waals surface area (Å²) in [7, 11) is 0. The Labute approximate surface area is 175 Å². The second-order valence-electron chi connectivity index (χ2n) is 7.76. The first kappa shape index (κ1) is 19.6. The maximum absolute atomic E-state index is 13.1. The molecule has 152 valence electrons. The van der Waals surface area contributed by atoms with Gasteiger partial charge in [0.2, 0.25) is 0 Å². The predicted octanol–water partition coefficient (Wildman–Crippen LogP) is 4.21. The molecule has 0 saturated heterocycles. The maximum Gasteiger partial charge on any atom is 0.280 e. The van der Waals surface area contributed by atoms with Gasteiger partial charge in [-0.2, -0.15) is 10.1 Å². The Hall–Kier alpha value is -3.67. The first-order chi connectivity index (χ1) is 14.3. The molecule has 0 fully saturated rings.